The van der Waals surface area contributed by atoms with Crippen molar-refractivity contribution < 1.29 is 24.9 Å². The van der Waals surface area contributed by atoms with Crippen molar-refractivity contribution in [1.29, 1.82) is 0 Å². The normalized spacial score (nSPS) is 12.1. The number of nitrogens with two attached hydrogens (primary N) is 1. The molecule has 0 unspecified atom stereocenters. The minimum absolute atomic E-state index is 0.0915. The number of ether oxygens (including phenoxy) is 1. The second-order valence-electron chi connectivity index (χ2n) is 5.24. The van der Waals surface area contributed by atoms with E-state index in [0.29, 0.717) is 6.42 Å². The van der Waals surface area contributed by atoms with Crippen LogP contribution in [0.2, 0.25) is 0 Å². The van der Waals surface area contributed by atoms with Crippen LogP contribution >= 0.6 is 0 Å². The first-order chi connectivity index (χ1) is 10.5. The summed E-state index contributed by atoms with van der Waals surface area (Å²) >= 11 is 0. The highest BCUT2D eigenvalue weighted by atomic mass is 16.5. The predicted molar refractivity (Wildman–Crippen MR) is 82.8 cm³/mol. The lowest BCUT2D eigenvalue weighted by Gasteiger charge is -2.15. The van der Waals surface area contributed by atoms with Gasteiger partial charge in [-0.1, -0.05) is 32.6 Å². The molecule has 1 aromatic carbocycles. The van der Waals surface area contributed by atoms with E-state index in [2.05, 4.69) is 6.92 Å². The van der Waals surface area contributed by atoms with Crippen molar-refractivity contribution in [3.05, 3.63) is 17.7 Å². The van der Waals surface area contributed by atoms with E-state index in [1.807, 2.05) is 0 Å². The summed E-state index contributed by atoms with van der Waals surface area (Å²) in [6.45, 7) is 2.02. The van der Waals surface area contributed by atoms with Crippen LogP contribution in [0.3, 0.4) is 0 Å². The molecule has 0 aliphatic heterocycles. The first-order valence-electron chi connectivity index (χ1n) is 7.64. The van der Waals surface area contributed by atoms with Gasteiger partial charge in [-0.25, -0.2) is 0 Å². The van der Waals surface area contributed by atoms with Gasteiger partial charge >= 0.3 is 5.97 Å². The Labute approximate surface area is 130 Å². The number of phenolic OH excluding ortho intramolecular Hbond substituents is 2. The zero-order valence-corrected chi connectivity index (χ0v) is 12.9. The molecule has 6 heteroatoms. The van der Waals surface area contributed by atoms with Crippen molar-refractivity contribution in [3.8, 4) is 17.2 Å². The number of hydrogen-bond donors (Lipinski definition) is 4. The molecule has 1 rings (SSSR count). The van der Waals surface area contributed by atoms with Gasteiger partial charge < -0.3 is 25.8 Å². The average Bonchev–Trinajstić information content (AvgIpc) is 2.51. The molecule has 0 spiro atoms. The molecule has 1 aromatic rings. The maximum Gasteiger partial charge on any atom is 0.311 e. The fourth-order valence-corrected chi connectivity index (χ4v) is 2.11. The van der Waals surface area contributed by atoms with Crippen LogP contribution in [-0.4, -0.2) is 27.8 Å². The van der Waals surface area contributed by atoms with Gasteiger partial charge in [-0.3, -0.25) is 4.79 Å². The third kappa shape index (κ3) is 5.20. The molecule has 0 saturated heterocycles. The topological polar surface area (TPSA) is 113 Å². The summed E-state index contributed by atoms with van der Waals surface area (Å²) in [5.41, 5.74) is 5.56. The molecular formula is C16H25NO5. The number of carbonyl (C=O) groups excluding carboxylic acids is 1. The minimum Gasteiger partial charge on any atom is -0.504 e. The van der Waals surface area contributed by atoms with E-state index in [0.717, 1.165) is 25.7 Å². The molecule has 0 amide bonds. The van der Waals surface area contributed by atoms with Crippen LogP contribution in [0.25, 0.3) is 0 Å². The molecule has 0 heterocycles. The van der Waals surface area contributed by atoms with Gasteiger partial charge in [0.1, 0.15) is 0 Å². The van der Waals surface area contributed by atoms with Gasteiger partial charge in [-0.15, -0.1) is 0 Å². The number of rotatable bonds is 9. The summed E-state index contributed by atoms with van der Waals surface area (Å²) in [6.07, 6.45) is 4.10. The zero-order valence-electron chi connectivity index (χ0n) is 12.9. The summed E-state index contributed by atoms with van der Waals surface area (Å²) in [7, 11) is 0. The number of hydrogen-bond acceptors (Lipinski definition) is 6. The molecule has 0 aromatic heterocycles. The molecule has 0 bridgehead atoms. The van der Waals surface area contributed by atoms with Crippen LogP contribution in [0, 0.1) is 0 Å². The van der Waals surface area contributed by atoms with Gasteiger partial charge in [0, 0.05) is 18.5 Å². The summed E-state index contributed by atoms with van der Waals surface area (Å²) in [4.78, 5) is 11.8. The van der Waals surface area contributed by atoms with E-state index in [1.165, 1.54) is 12.1 Å². The van der Waals surface area contributed by atoms with Crippen LogP contribution in [0.15, 0.2) is 12.1 Å². The lowest BCUT2D eigenvalue weighted by atomic mass is 10.1. The second kappa shape index (κ2) is 9.27. The lowest BCUT2D eigenvalue weighted by molar-refractivity contribution is -0.134. The maximum absolute atomic E-state index is 11.8. The largest absolute Gasteiger partial charge is 0.504 e. The molecule has 1 atom stereocenters. The second-order valence-corrected chi connectivity index (χ2v) is 5.24. The first-order valence-corrected chi connectivity index (χ1v) is 7.64. The number of aliphatic hydroxyl groups is 1. The zero-order chi connectivity index (χ0) is 16.5. The highest BCUT2D eigenvalue weighted by Crippen LogP contribution is 2.40. The fourth-order valence-electron chi connectivity index (χ4n) is 2.11. The average molecular weight is 311 g/mol. The Morgan fingerprint density at radius 3 is 2.55 bits per heavy atom. The molecular weight excluding hydrogens is 286 g/mol. The minimum atomic E-state index is -1.08. The van der Waals surface area contributed by atoms with Crippen LogP contribution in [0.1, 0.15) is 57.1 Å². The highest BCUT2D eigenvalue weighted by Gasteiger charge is 2.21. The number of aliphatic hydroxyl groups excluding tert-OH is 1. The third-order valence-corrected chi connectivity index (χ3v) is 3.42. The van der Waals surface area contributed by atoms with Gasteiger partial charge in [-0.05, 0) is 18.6 Å². The molecule has 0 saturated carbocycles. The Balaban J connectivity index is 2.70. The molecule has 22 heavy (non-hydrogen) atoms. The van der Waals surface area contributed by atoms with Crippen LogP contribution < -0.4 is 10.5 Å². The molecule has 0 aliphatic rings. The van der Waals surface area contributed by atoms with Crippen LogP contribution in [0.4, 0.5) is 0 Å². The summed E-state index contributed by atoms with van der Waals surface area (Å²) < 4.78 is 5.12. The number of aromatic hydroxyl groups is 2. The fraction of sp³-hybridized carbons (Fsp3) is 0.562. The molecule has 0 radical (unpaired) electrons. The molecule has 6 nitrogen and oxygen atoms in total. The van der Waals surface area contributed by atoms with Crippen LogP contribution in [-0.2, 0) is 4.79 Å². The smallest absolute Gasteiger partial charge is 0.311 e. The Kier molecular flexibility index (Phi) is 7.70. The Morgan fingerprint density at radius 2 is 1.91 bits per heavy atom. The van der Waals surface area contributed by atoms with E-state index in [9.17, 15) is 20.1 Å². The predicted octanol–water partition coefficient (Wildman–Crippen LogP) is 2.36. The van der Waals surface area contributed by atoms with E-state index >= 15 is 0 Å². The standard InChI is InChI=1S/C16H25NO5/c1-2-3-4-5-6-7-14(20)22-16-11(13(19)10-17)8-9-12(18)15(16)21/h8-9,13,18-19,21H,2-7,10,17H2,1H3/t13-/m0/s1. The first kappa shape index (κ1) is 18.3. The number of phenols is 2. The van der Waals surface area contributed by atoms with Gasteiger partial charge in [0.25, 0.3) is 0 Å². The Bertz CT molecular complexity index is 490. The summed E-state index contributed by atoms with van der Waals surface area (Å²) in [5, 5.41) is 29.1. The van der Waals surface area contributed by atoms with E-state index < -0.39 is 23.6 Å². The Morgan fingerprint density at radius 1 is 1.23 bits per heavy atom. The van der Waals surface area contributed by atoms with Gasteiger partial charge in [-0.2, -0.15) is 0 Å². The maximum atomic E-state index is 11.8. The quantitative estimate of drug-likeness (QED) is 0.241. The number of benzene rings is 1. The molecule has 0 fully saturated rings. The molecule has 0 aliphatic carbocycles. The van der Waals surface area contributed by atoms with Crippen LogP contribution in [0.5, 0.6) is 17.2 Å². The van der Waals surface area contributed by atoms with Gasteiger partial charge in [0.15, 0.2) is 11.5 Å². The van der Waals surface area contributed by atoms with Crippen molar-refractivity contribution >= 4 is 5.97 Å². The van der Waals surface area contributed by atoms with Crippen molar-refractivity contribution in [1.82, 2.24) is 0 Å². The number of esters is 1. The monoisotopic (exact) mass is 311 g/mol. The van der Waals surface area contributed by atoms with E-state index in [4.69, 9.17) is 10.5 Å². The summed E-state index contributed by atoms with van der Waals surface area (Å²) in [6, 6.07) is 2.59. The van der Waals surface area contributed by atoms with E-state index in [1.54, 1.807) is 0 Å². The van der Waals surface area contributed by atoms with Crippen molar-refractivity contribution in [2.75, 3.05) is 6.54 Å². The van der Waals surface area contributed by atoms with Gasteiger partial charge in [0.2, 0.25) is 5.75 Å². The SMILES string of the molecule is CCCCCCCC(=O)Oc1c([C@@H](O)CN)ccc(O)c1O. The van der Waals surface area contributed by atoms with Crippen molar-refractivity contribution in [2.45, 2.75) is 51.6 Å². The summed E-state index contributed by atoms with van der Waals surface area (Å²) in [5.74, 6) is -1.72. The molecule has 5 N–H and O–H groups in total. The van der Waals surface area contributed by atoms with Crippen molar-refractivity contribution in [3.63, 3.8) is 0 Å². The third-order valence-electron chi connectivity index (χ3n) is 3.42. The molecule has 124 valence electrons. The Hall–Kier alpha value is -1.79. The van der Waals surface area contributed by atoms with Gasteiger partial charge in [0.05, 0.1) is 6.10 Å². The van der Waals surface area contributed by atoms with E-state index in [-0.39, 0.29) is 24.3 Å². The highest BCUT2D eigenvalue weighted by molar-refractivity contribution is 5.74. The lowest BCUT2D eigenvalue weighted by Crippen LogP contribution is -2.15. The number of carbonyl (C=O) groups is 1. The number of unbranched alkanes of at least 4 members (excludes halogenated alkanes) is 4. The van der Waals surface area contributed by atoms with Crippen molar-refractivity contribution in [2.24, 2.45) is 5.73 Å².